The van der Waals surface area contributed by atoms with Gasteiger partial charge in [-0.1, -0.05) is 17.3 Å². The van der Waals surface area contributed by atoms with Crippen molar-refractivity contribution < 1.29 is 19.0 Å². The molecule has 0 bridgehead atoms. The fourth-order valence-corrected chi connectivity index (χ4v) is 2.90. The third kappa shape index (κ3) is 4.47. The van der Waals surface area contributed by atoms with Crippen LogP contribution < -0.4 is 5.32 Å². The molecule has 0 aliphatic carbocycles. The van der Waals surface area contributed by atoms with Gasteiger partial charge in [0.05, 0.1) is 11.5 Å². The summed E-state index contributed by atoms with van der Waals surface area (Å²) in [5.74, 6) is 0.376. The molecule has 0 saturated carbocycles. The first-order valence-electron chi connectivity index (χ1n) is 8.42. The third-order valence-corrected chi connectivity index (χ3v) is 4.25. The number of nitro benzene ring substituents is 1. The molecule has 0 atom stereocenters. The molecule has 142 valence electrons. The fraction of sp³-hybridized carbons (Fsp3) is 0.353. The fourth-order valence-electron chi connectivity index (χ4n) is 2.90. The van der Waals surface area contributed by atoms with E-state index in [1.165, 1.54) is 18.2 Å². The molecule has 1 aliphatic rings. The SMILES string of the molecule is Cc1cc(NC(=O)CN2CCN(C(=O)c3ccccc3[N+](=O)[O-])CC2)no1. The molecule has 10 heteroatoms. The number of aromatic nitrogens is 1. The van der Waals surface area contributed by atoms with E-state index < -0.39 is 4.92 Å². The number of carbonyl (C=O) groups is 2. The Morgan fingerprint density at radius 1 is 1.26 bits per heavy atom. The summed E-state index contributed by atoms with van der Waals surface area (Å²) in [6.07, 6.45) is 0. The molecule has 1 N–H and O–H groups in total. The maximum absolute atomic E-state index is 12.6. The van der Waals surface area contributed by atoms with Gasteiger partial charge in [0.1, 0.15) is 11.3 Å². The minimum atomic E-state index is -0.556. The number of rotatable bonds is 5. The van der Waals surface area contributed by atoms with E-state index in [4.69, 9.17) is 4.52 Å². The molecule has 10 nitrogen and oxygen atoms in total. The Balaban J connectivity index is 1.53. The number of para-hydroxylation sites is 1. The van der Waals surface area contributed by atoms with E-state index in [1.807, 2.05) is 4.90 Å². The minimum Gasteiger partial charge on any atom is -0.360 e. The first-order chi connectivity index (χ1) is 12.9. The van der Waals surface area contributed by atoms with Crippen molar-refractivity contribution in [1.82, 2.24) is 15.0 Å². The molecule has 1 aliphatic heterocycles. The van der Waals surface area contributed by atoms with Crippen LogP contribution in [0.4, 0.5) is 11.5 Å². The number of hydrogen-bond acceptors (Lipinski definition) is 7. The van der Waals surface area contributed by atoms with Crippen LogP contribution in [0.2, 0.25) is 0 Å². The molecule has 2 amide bonds. The number of benzene rings is 1. The summed E-state index contributed by atoms with van der Waals surface area (Å²) in [5.41, 5.74) is -0.123. The number of hydrogen-bond donors (Lipinski definition) is 1. The van der Waals surface area contributed by atoms with Gasteiger partial charge in [0, 0.05) is 38.3 Å². The molecule has 0 spiro atoms. The third-order valence-electron chi connectivity index (χ3n) is 4.25. The summed E-state index contributed by atoms with van der Waals surface area (Å²) >= 11 is 0. The van der Waals surface area contributed by atoms with E-state index in [0.29, 0.717) is 37.8 Å². The molecular formula is C17H19N5O5. The van der Waals surface area contributed by atoms with Crippen LogP contribution in [0.1, 0.15) is 16.1 Å². The molecule has 1 saturated heterocycles. The molecule has 0 unspecified atom stereocenters. The van der Waals surface area contributed by atoms with E-state index in [2.05, 4.69) is 10.5 Å². The van der Waals surface area contributed by atoms with Gasteiger partial charge in [-0.25, -0.2) is 0 Å². The summed E-state index contributed by atoms with van der Waals surface area (Å²) in [5, 5.41) is 17.5. The van der Waals surface area contributed by atoms with Gasteiger partial charge in [0.2, 0.25) is 5.91 Å². The van der Waals surface area contributed by atoms with Crippen LogP contribution in [0.5, 0.6) is 0 Å². The molecule has 1 aromatic carbocycles. The van der Waals surface area contributed by atoms with Crippen LogP contribution in [-0.4, -0.2) is 64.4 Å². The maximum atomic E-state index is 12.6. The van der Waals surface area contributed by atoms with Crippen molar-refractivity contribution in [1.29, 1.82) is 0 Å². The zero-order chi connectivity index (χ0) is 19.4. The summed E-state index contributed by atoms with van der Waals surface area (Å²) in [7, 11) is 0. The van der Waals surface area contributed by atoms with Crippen LogP contribution >= 0.6 is 0 Å². The Morgan fingerprint density at radius 3 is 2.59 bits per heavy atom. The number of nitro groups is 1. The average molecular weight is 373 g/mol. The van der Waals surface area contributed by atoms with Crippen LogP contribution in [-0.2, 0) is 4.79 Å². The second-order valence-electron chi connectivity index (χ2n) is 6.21. The molecule has 2 heterocycles. The first kappa shape index (κ1) is 18.5. The Bertz CT molecular complexity index is 857. The summed E-state index contributed by atoms with van der Waals surface area (Å²) in [6.45, 7) is 3.67. The first-order valence-corrected chi connectivity index (χ1v) is 8.42. The molecule has 27 heavy (non-hydrogen) atoms. The van der Waals surface area contributed by atoms with Gasteiger partial charge in [-0.2, -0.15) is 0 Å². The molecule has 1 fully saturated rings. The lowest BCUT2D eigenvalue weighted by Gasteiger charge is -2.34. The molecule has 0 radical (unpaired) electrons. The Hall–Kier alpha value is -3.27. The quantitative estimate of drug-likeness (QED) is 0.619. The highest BCUT2D eigenvalue weighted by Gasteiger charge is 2.27. The van der Waals surface area contributed by atoms with E-state index >= 15 is 0 Å². The van der Waals surface area contributed by atoms with Gasteiger partial charge in [-0.3, -0.25) is 24.6 Å². The normalized spacial score (nSPS) is 14.8. The van der Waals surface area contributed by atoms with E-state index in [-0.39, 0.29) is 29.6 Å². The lowest BCUT2D eigenvalue weighted by molar-refractivity contribution is -0.385. The molecule has 3 rings (SSSR count). The highest BCUT2D eigenvalue weighted by atomic mass is 16.6. The number of nitrogens with one attached hydrogen (secondary N) is 1. The topological polar surface area (TPSA) is 122 Å². The van der Waals surface area contributed by atoms with Gasteiger partial charge in [0.15, 0.2) is 5.82 Å². The Morgan fingerprint density at radius 2 is 1.96 bits per heavy atom. The maximum Gasteiger partial charge on any atom is 0.282 e. The number of carbonyl (C=O) groups excluding carboxylic acids is 2. The number of nitrogens with zero attached hydrogens (tertiary/aromatic N) is 4. The van der Waals surface area contributed by atoms with E-state index in [0.717, 1.165) is 0 Å². The van der Waals surface area contributed by atoms with Gasteiger partial charge in [0.25, 0.3) is 11.6 Å². The standard InChI is InChI=1S/C17H19N5O5/c1-12-10-15(19-27-12)18-16(23)11-20-6-8-21(9-7-20)17(24)13-4-2-3-5-14(13)22(25)26/h2-5,10H,6-9,11H2,1H3,(H,18,19,23). The van der Waals surface area contributed by atoms with Gasteiger partial charge < -0.3 is 14.7 Å². The van der Waals surface area contributed by atoms with Gasteiger partial charge in [-0.05, 0) is 13.0 Å². The van der Waals surface area contributed by atoms with Crippen LogP contribution in [0.15, 0.2) is 34.9 Å². The van der Waals surface area contributed by atoms with Crippen molar-refractivity contribution in [3.63, 3.8) is 0 Å². The molecular weight excluding hydrogens is 354 g/mol. The predicted molar refractivity (Wildman–Crippen MR) is 95.3 cm³/mol. The second-order valence-corrected chi connectivity index (χ2v) is 6.21. The van der Waals surface area contributed by atoms with Crippen molar-refractivity contribution in [3.8, 4) is 0 Å². The van der Waals surface area contributed by atoms with Crippen molar-refractivity contribution in [2.45, 2.75) is 6.92 Å². The largest absolute Gasteiger partial charge is 0.360 e. The van der Waals surface area contributed by atoms with E-state index in [9.17, 15) is 19.7 Å². The number of aryl methyl sites for hydroxylation is 1. The van der Waals surface area contributed by atoms with Crippen LogP contribution in [0.3, 0.4) is 0 Å². The summed E-state index contributed by atoms with van der Waals surface area (Å²) < 4.78 is 4.89. The second kappa shape index (κ2) is 7.96. The predicted octanol–water partition coefficient (Wildman–Crippen LogP) is 1.29. The number of piperazine rings is 1. The zero-order valence-electron chi connectivity index (χ0n) is 14.8. The minimum absolute atomic E-state index is 0.0788. The lowest BCUT2D eigenvalue weighted by Crippen LogP contribution is -2.50. The van der Waals surface area contributed by atoms with Gasteiger partial charge >= 0.3 is 0 Å². The monoisotopic (exact) mass is 373 g/mol. The number of anilines is 1. The lowest BCUT2D eigenvalue weighted by atomic mass is 10.1. The average Bonchev–Trinajstić information content (AvgIpc) is 3.06. The highest BCUT2D eigenvalue weighted by molar-refractivity contribution is 5.98. The summed E-state index contributed by atoms with van der Waals surface area (Å²) in [6, 6.07) is 7.54. The van der Waals surface area contributed by atoms with Gasteiger partial charge in [-0.15, -0.1) is 0 Å². The Labute approximate surface area is 154 Å². The number of amides is 2. The Kier molecular flexibility index (Phi) is 5.46. The van der Waals surface area contributed by atoms with Crippen LogP contribution in [0.25, 0.3) is 0 Å². The van der Waals surface area contributed by atoms with E-state index in [1.54, 1.807) is 24.0 Å². The molecule has 2 aromatic rings. The van der Waals surface area contributed by atoms with Crippen LogP contribution in [0, 0.1) is 17.0 Å². The van der Waals surface area contributed by atoms with Crippen molar-refractivity contribution in [3.05, 3.63) is 51.8 Å². The molecule has 1 aromatic heterocycles. The van der Waals surface area contributed by atoms with Crippen molar-refractivity contribution >= 4 is 23.3 Å². The zero-order valence-corrected chi connectivity index (χ0v) is 14.8. The highest BCUT2D eigenvalue weighted by Crippen LogP contribution is 2.20. The van der Waals surface area contributed by atoms with Crippen molar-refractivity contribution in [2.24, 2.45) is 0 Å². The van der Waals surface area contributed by atoms with Crippen molar-refractivity contribution in [2.75, 3.05) is 38.0 Å². The summed E-state index contributed by atoms with van der Waals surface area (Å²) in [4.78, 5) is 38.7. The smallest absolute Gasteiger partial charge is 0.282 e.